The van der Waals surface area contributed by atoms with Crippen LogP contribution in [0.25, 0.3) is 0 Å². The highest BCUT2D eigenvalue weighted by molar-refractivity contribution is 7.76. The molecule has 0 spiro atoms. The first-order chi connectivity index (χ1) is 13.9. The Morgan fingerprint density at radius 3 is 1.83 bits per heavy atom. The lowest BCUT2D eigenvalue weighted by molar-refractivity contribution is 0.204. The molecule has 1 aromatic heterocycles. The fraction of sp³-hybridized carbons (Fsp3) is 0.348. The van der Waals surface area contributed by atoms with Crippen LogP contribution in [-0.4, -0.2) is 26.4 Å². The smallest absolute Gasteiger partial charge is 0.261 e. The van der Waals surface area contributed by atoms with Crippen molar-refractivity contribution in [3.63, 3.8) is 0 Å². The van der Waals surface area contributed by atoms with E-state index in [2.05, 4.69) is 86.3 Å². The second-order valence-corrected chi connectivity index (χ2v) is 16.2. The largest absolute Gasteiger partial charge is 0.406 e. The molecule has 1 aliphatic rings. The Balaban J connectivity index is 1.59. The number of rotatable bonds is 6. The highest BCUT2D eigenvalue weighted by atomic mass is 32.2. The molecule has 1 aliphatic heterocycles. The van der Waals surface area contributed by atoms with E-state index in [1.165, 1.54) is 20.1 Å². The van der Waals surface area contributed by atoms with Crippen molar-refractivity contribution in [1.82, 2.24) is 4.90 Å². The van der Waals surface area contributed by atoms with Crippen LogP contribution >= 0.6 is 34.9 Å². The van der Waals surface area contributed by atoms with Crippen LogP contribution in [0.4, 0.5) is 0 Å². The Morgan fingerprint density at radius 1 is 0.897 bits per heavy atom. The zero-order valence-electron chi connectivity index (χ0n) is 17.2. The molecule has 0 amide bonds. The SMILES string of the molecule is CC(C)(C)[Si](OCCN1Cc2sc(=S)sc2C1)(c1ccccc1)c1ccccc1. The number of nitrogens with zero attached hydrogens (tertiary/aromatic N) is 1. The molecule has 0 saturated heterocycles. The van der Waals surface area contributed by atoms with Gasteiger partial charge in [0.15, 0.2) is 0 Å². The van der Waals surface area contributed by atoms with E-state index in [1.807, 2.05) is 0 Å². The Kier molecular flexibility index (Phi) is 6.21. The predicted molar refractivity (Wildman–Crippen MR) is 131 cm³/mol. The Labute approximate surface area is 187 Å². The molecule has 0 aliphatic carbocycles. The van der Waals surface area contributed by atoms with Crippen LogP contribution in [0.3, 0.4) is 0 Å². The van der Waals surface area contributed by atoms with Crippen LogP contribution in [0.1, 0.15) is 30.5 Å². The van der Waals surface area contributed by atoms with Gasteiger partial charge >= 0.3 is 0 Å². The summed E-state index contributed by atoms with van der Waals surface area (Å²) in [6.07, 6.45) is 0. The van der Waals surface area contributed by atoms with Crippen molar-refractivity contribution in [2.45, 2.75) is 38.9 Å². The van der Waals surface area contributed by atoms with Crippen molar-refractivity contribution in [3.8, 4) is 0 Å². The molecule has 2 aromatic carbocycles. The van der Waals surface area contributed by atoms with Crippen LogP contribution in [0, 0.1) is 3.14 Å². The van der Waals surface area contributed by atoms with E-state index in [0.29, 0.717) is 0 Å². The maximum Gasteiger partial charge on any atom is 0.261 e. The summed E-state index contributed by atoms with van der Waals surface area (Å²) in [5.41, 5.74) is 0. The molecule has 2 nitrogen and oxygen atoms in total. The minimum atomic E-state index is -2.43. The molecule has 6 heteroatoms. The maximum absolute atomic E-state index is 7.01. The molecule has 0 bridgehead atoms. The fourth-order valence-corrected chi connectivity index (χ4v) is 11.7. The predicted octanol–water partition coefficient (Wildman–Crippen LogP) is 5.43. The Morgan fingerprint density at radius 2 is 1.38 bits per heavy atom. The first-order valence-corrected chi connectivity index (χ1v) is 13.9. The zero-order valence-corrected chi connectivity index (χ0v) is 20.6. The van der Waals surface area contributed by atoms with Gasteiger partial charge in [-0.3, -0.25) is 4.90 Å². The van der Waals surface area contributed by atoms with E-state index in [-0.39, 0.29) is 5.04 Å². The molecule has 0 atom stereocenters. The standard InChI is InChI=1S/C23H27NOS3Si/c1-23(2,3)29(18-10-6-4-7-11-18,19-12-8-5-9-13-19)25-15-14-24-16-20-21(17-24)28-22(26)27-20/h4-13H,14-17H2,1-3H3. The van der Waals surface area contributed by atoms with Gasteiger partial charge in [0.2, 0.25) is 0 Å². The van der Waals surface area contributed by atoms with E-state index in [1.54, 1.807) is 22.7 Å². The van der Waals surface area contributed by atoms with Crippen LogP contribution in [-0.2, 0) is 17.5 Å². The molecular formula is C23H27NOS3Si. The molecule has 0 N–H and O–H groups in total. The quantitative estimate of drug-likeness (QED) is 0.362. The second kappa shape index (κ2) is 8.53. The van der Waals surface area contributed by atoms with E-state index in [9.17, 15) is 0 Å². The fourth-order valence-electron chi connectivity index (χ4n) is 4.29. The third-order valence-corrected chi connectivity index (χ3v) is 13.4. The van der Waals surface area contributed by atoms with E-state index < -0.39 is 8.32 Å². The zero-order chi connectivity index (χ0) is 20.5. The monoisotopic (exact) mass is 457 g/mol. The molecule has 152 valence electrons. The van der Waals surface area contributed by atoms with Gasteiger partial charge in [-0.05, 0) is 15.4 Å². The first-order valence-electron chi connectivity index (χ1n) is 9.99. The first kappa shape index (κ1) is 21.1. The molecule has 2 heterocycles. The van der Waals surface area contributed by atoms with E-state index in [0.717, 1.165) is 29.4 Å². The summed E-state index contributed by atoms with van der Waals surface area (Å²) in [7, 11) is -2.43. The van der Waals surface area contributed by atoms with Gasteiger partial charge in [-0.25, -0.2) is 0 Å². The van der Waals surface area contributed by atoms with Crippen LogP contribution < -0.4 is 10.4 Å². The van der Waals surface area contributed by atoms with Gasteiger partial charge in [-0.1, -0.05) is 93.7 Å². The summed E-state index contributed by atoms with van der Waals surface area (Å²) in [5.74, 6) is 0. The van der Waals surface area contributed by atoms with Crippen LogP contribution in [0.5, 0.6) is 0 Å². The van der Waals surface area contributed by atoms with Gasteiger partial charge in [0.25, 0.3) is 8.32 Å². The third kappa shape index (κ3) is 4.20. The molecule has 0 saturated carbocycles. The average molecular weight is 458 g/mol. The van der Waals surface area contributed by atoms with Crippen molar-refractivity contribution < 1.29 is 4.43 Å². The molecule has 4 rings (SSSR count). The molecular weight excluding hydrogens is 431 g/mol. The second-order valence-electron chi connectivity index (χ2n) is 8.52. The van der Waals surface area contributed by atoms with Gasteiger partial charge in [0, 0.05) is 36.0 Å². The summed E-state index contributed by atoms with van der Waals surface area (Å²) in [6.45, 7) is 10.7. The van der Waals surface area contributed by atoms with Gasteiger partial charge in [-0.15, -0.1) is 22.7 Å². The van der Waals surface area contributed by atoms with Crippen molar-refractivity contribution in [3.05, 3.63) is 73.6 Å². The molecule has 0 unspecified atom stereocenters. The van der Waals surface area contributed by atoms with Crippen molar-refractivity contribution in [1.29, 1.82) is 0 Å². The minimum absolute atomic E-state index is 0.0264. The normalized spacial score (nSPS) is 14.9. The number of hydrogen-bond donors (Lipinski definition) is 0. The van der Waals surface area contributed by atoms with Gasteiger partial charge in [0.1, 0.15) is 3.14 Å². The van der Waals surface area contributed by atoms with Gasteiger partial charge in [0.05, 0.1) is 0 Å². The number of fused-ring (bicyclic) bond motifs is 1. The number of hydrogen-bond acceptors (Lipinski definition) is 5. The highest BCUT2D eigenvalue weighted by Gasteiger charge is 2.50. The minimum Gasteiger partial charge on any atom is -0.406 e. The third-order valence-electron chi connectivity index (χ3n) is 5.60. The summed E-state index contributed by atoms with van der Waals surface area (Å²) in [5, 5.41) is 2.72. The van der Waals surface area contributed by atoms with E-state index >= 15 is 0 Å². The van der Waals surface area contributed by atoms with Crippen molar-refractivity contribution >= 4 is 53.6 Å². The van der Waals surface area contributed by atoms with Crippen LogP contribution in [0.2, 0.25) is 5.04 Å². The van der Waals surface area contributed by atoms with Crippen molar-refractivity contribution in [2.24, 2.45) is 0 Å². The Hall–Kier alpha value is -1.15. The number of benzene rings is 2. The van der Waals surface area contributed by atoms with E-state index in [4.69, 9.17) is 16.6 Å². The van der Waals surface area contributed by atoms with Crippen molar-refractivity contribution in [2.75, 3.05) is 13.2 Å². The van der Waals surface area contributed by atoms with Gasteiger partial charge < -0.3 is 4.43 Å². The summed E-state index contributed by atoms with van der Waals surface area (Å²) >= 11 is 8.90. The Bertz CT molecular complexity index is 942. The summed E-state index contributed by atoms with van der Waals surface area (Å²) in [4.78, 5) is 5.39. The summed E-state index contributed by atoms with van der Waals surface area (Å²) < 4.78 is 8.06. The van der Waals surface area contributed by atoms with Crippen LogP contribution in [0.15, 0.2) is 60.7 Å². The molecule has 0 radical (unpaired) electrons. The molecule has 29 heavy (non-hydrogen) atoms. The summed E-state index contributed by atoms with van der Waals surface area (Å²) in [6, 6.07) is 21.8. The lowest BCUT2D eigenvalue weighted by Gasteiger charge is -2.43. The average Bonchev–Trinajstić information content (AvgIpc) is 3.22. The molecule has 3 aromatic rings. The van der Waals surface area contributed by atoms with Gasteiger partial charge in [-0.2, -0.15) is 0 Å². The highest BCUT2D eigenvalue weighted by Crippen LogP contribution is 2.37. The lowest BCUT2D eigenvalue weighted by atomic mass is 10.2. The topological polar surface area (TPSA) is 12.5 Å². The lowest BCUT2D eigenvalue weighted by Crippen LogP contribution is -2.67. The molecule has 0 fully saturated rings. The maximum atomic E-state index is 7.01.